The van der Waals surface area contributed by atoms with Crippen LogP contribution in [-0.2, 0) is 0 Å². The highest BCUT2D eigenvalue weighted by Gasteiger charge is 2.42. The standard InChI is InChI=1S/C17H17Cl2N5O4/c18-8-2-9(19)4-10(3-8)21-17-22-15-12(16(28)23-17)20-6-24(15)11-1-7(5-25)13(26)14(11)27/h2-4,6-7,11,13-14,25-27H,1,5H2,(H2,21,22,23,28)/t7-,11-,13-,14-/m1/s1. The molecule has 2 aromatic heterocycles. The summed E-state index contributed by atoms with van der Waals surface area (Å²) >= 11 is 12.0. The summed E-state index contributed by atoms with van der Waals surface area (Å²) in [5, 5.41) is 33.6. The second-order valence-electron chi connectivity index (χ2n) is 6.75. The van der Waals surface area contributed by atoms with Gasteiger partial charge in [-0.2, -0.15) is 4.98 Å². The Labute approximate surface area is 168 Å². The smallest absolute Gasteiger partial charge is 0.280 e. The molecule has 0 spiro atoms. The number of aliphatic hydroxyl groups excluding tert-OH is 3. The van der Waals surface area contributed by atoms with Gasteiger partial charge in [-0.3, -0.25) is 9.78 Å². The highest BCUT2D eigenvalue weighted by Crippen LogP contribution is 2.36. The molecule has 3 aromatic rings. The number of H-pyrrole nitrogens is 1. The van der Waals surface area contributed by atoms with Crippen LogP contribution in [0.4, 0.5) is 11.6 Å². The van der Waals surface area contributed by atoms with Gasteiger partial charge in [0.1, 0.15) is 6.10 Å². The average Bonchev–Trinajstić information content (AvgIpc) is 3.16. The van der Waals surface area contributed by atoms with E-state index in [1.165, 1.54) is 6.33 Å². The van der Waals surface area contributed by atoms with E-state index < -0.39 is 29.7 Å². The summed E-state index contributed by atoms with van der Waals surface area (Å²) in [5.41, 5.74) is 0.409. The van der Waals surface area contributed by atoms with Gasteiger partial charge in [0, 0.05) is 28.3 Å². The van der Waals surface area contributed by atoms with Crippen LogP contribution in [0.2, 0.25) is 10.0 Å². The first-order valence-corrected chi connectivity index (χ1v) is 9.30. The van der Waals surface area contributed by atoms with Gasteiger partial charge in [0.05, 0.1) is 18.5 Å². The number of halogens is 2. The lowest BCUT2D eigenvalue weighted by Gasteiger charge is -2.18. The minimum atomic E-state index is -1.11. The fourth-order valence-electron chi connectivity index (χ4n) is 3.55. The Bertz CT molecular complexity index is 1060. The summed E-state index contributed by atoms with van der Waals surface area (Å²) in [6.07, 6.45) is -0.460. The molecule has 1 fully saturated rings. The molecule has 4 rings (SSSR count). The molecule has 0 unspecified atom stereocenters. The number of rotatable bonds is 4. The topological polar surface area (TPSA) is 136 Å². The van der Waals surface area contributed by atoms with Crippen molar-refractivity contribution in [3.63, 3.8) is 0 Å². The summed E-state index contributed by atoms with van der Waals surface area (Å²) < 4.78 is 1.55. The molecule has 11 heteroatoms. The van der Waals surface area contributed by atoms with E-state index in [0.717, 1.165) is 0 Å². The Morgan fingerprint density at radius 3 is 2.57 bits per heavy atom. The van der Waals surface area contributed by atoms with Crippen molar-refractivity contribution in [3.05, 3.63) is 44.9 Å². The number of aliphatic hydroxyl groups is 3. The van der Waals surface area contributed by atoms with Crippen LogP contribution in [0.25, 0.3) is 11.2 Å². The molecule has 0 amide bonds. The van der Waals surface area contributed by atoms with Crippen LogP contribution < -0.4 is 10.9 Å². The maximum atomic E-state index is 12.4. The zero-order chi connectivity index (χ0) is 20.0. The first kappa shape index (κ1) is 19.2. The predicted octanol–water partition coefficient (Wildman–Crippen LogP) is 1.45. The molecule has 0 radical (unpaired) electrons. The van der Waals surface area contributed by atoms with Gasteiger partial charge in [0.2, 0.25) is 5.95 Å². The van der Waals surface area contributed by atoms with Crippen LogP contribution in [0.3, 0.4) is 0 Å². The highest BCUT2D eigenvalue weighted by atomic mass is 35.5. The van der Waals surface area contributed by atoms with Gasteiger partial charge >= 0.3 is 0 Å². The van der Waals surface area contributed by atoms with Crippen LogP contribution in [0, 0.1) is 5.92 Å². The minimum Gasteiger partial charge on any atom is -0.396 e. The molecule has 2 heterocycles. The second-order valence-corrected chi connectivity index (χ2v) is 7.62. The number of hydrogen-bond acceptors (Lipinski definition) is 7. The molecule has 1 aliphatic rings. The Kier molecular flexibility index (Phi) is 5.02. The van der Waals surface area contributed by atoms with Gasteiger partial charge in [-0.05, 0) is 24.6 Å². The van der Waals surface area contributed by atoms with Crippen LogP contribution >= 0.6 is 23.2 Å². The molecule has 5 N–H and O–H groups in total. The SMILES string of the molecule is O=c1[nH]c(Nc2cc(Cl)cc(Cl)c2)nc2c1ncn2[C@@H]1C[C@H](CO)[C@@H](O)[C@@H]1O. The van der Waals surface area contributed by atoms with Crippen molar-refractivity contribution >= 4 is 46.0 Å². The van der Waals surface area contributed by atoms with Crippen molar-refractivity contribution in [3.8, 4) is 0 Å². The lowest BCUT2D eigenvalue weighted by Crippen LogP contribution is -2.30. The van der Waals surface area contributed by atoms with Gasteiger partial charge in [0.25, 0.3) is 5.56 Å². The third-order valence-electron chi connectivity index (χ3n) is 4.92. The zero-order valence-electron chi connectivity index (χ0n) is 14.4. The zero-order valence-corrected chi connectivity index (χ0v) is 15.9. The first-order chi connectivity index (χ1) is 13.4. The molecule has 1 aliphatic carbocycles. The summed E-state index contributed by atoms with van der Waals surface area (Å²) in [6, 6.07) is 4.25. The van der Waals surface area contributed by atoms with E-state index in [4.69, 9.17) is 23.2 Å². The Hall–Kier alpha value is -2.17. The molecule has 1 saturated carbocycles. The normalized spacial score (nSPS) is 24.8. The van der Waals surface area contributed by atoms with Gasteiger partial charge < -0.3 is 25.2 Å². The van der Waals surface area contributed by atoms with Crippen LogP contribution in [0.15, 0.2) is 29.3 Å². The maximum Gasteiger partial charge on any atom is 0.280 e. The van der Waals surface area contributed by atoms with E-state index >= 15 is 0 Å². The number of nitrogens with one attached hydrogen (secondary N) is 2. The summed E-state index contributed by atoms with van der Waals surface area (Å²) in [6.45, 7) is -0.252. The summed E-state index contributed by atoms with van der Waals surface area (Å²) in [5.74, 6) is -0.324. The lowest BCUT2D eigenvalue weighted by atomic mass is 10.1. The molecular formula is C17H17Cl2N5O4. The number of nitrogens with zero attached hydrogens (tertiary/aromatic N) is 3. The quantitative estimate of drug-likeness (QED) is 0.426. The Morgan fingerprint density at radius 1 is 1.21 bits per heavy atom. The van der Waals surface area contributed by atoms with Crippen LogP contribution in [0.5, 0.6) is 0 Å². The van der Waals surface area contributed by atoms with Crippen LogP contribution in [0.1, 0.15) is 12.5 Å². The number of anilines is 2. The van der Waals surface area contributed by atoms with E-state index in [-0.39, 0.29) is 23.7 Å². The van der Waals surface area contributed by atoms with Gasteiger partial charge in [-0.1, -0.05) is 23.2 Å². The van der Waals surface area contributed by atoms with Crippen molar-refractivity contribution in [1.82, 2.24) is 19.5 Å². The number of aromatic nitrogens is 4. The number of fused-ring (bicyclic) bond motifs is 1. The van der Waals surface area contributed by atoms with E-state index in [0.29, 0.717) is 22.2 Å². The number of imidazole rings is 1. The van der Waals surface area contributed by atoms with Crippen molar-refractivity contribution in [1.29, 1.82) is 0 Å². The minimum absolute atomic E-state index is 0.101. The average molecular weight is 426 g/mol. The molecule has 9 nitrogen and oxygen atoms in total. The number of aromatic amines is 1. The fourth-order valence-corrected chi connectivity index (χ4v) is 4.07. The van der Waals surface area contributed by atoms with Crippen molar-refractivity contribution < 1.29 is 15.3 Å². The van der Waals surface area contributed by atoms with Crippen molar-refractivity contribution in [2.75, 3.05) is 11.9 Å². The van der Waals surface area contributed by atoms with Crippen molar-refractivity contribution in [2.45, 2.75) is 24.7 Å². The van der Waals surface area contributed by atoms with Crippen molar-refractivity contribution in [2.24, 2.45) is 5.92 Å². The maximum absolute atomic E-state index is 12.4. The molecular weight excluding hydrogens is 409 g/mol. The third-order valence-corrected chi connectivity index (χ3v) is 5.36. The molecule has 0 saturated heterocycles. The molecule has 4 atom stereocenters. The van der Waals surface area contributed by atoms with Gasteiger partial charge in [0.15, 0.2) is 11.2 Å². The van der Waals surface area contributed by atoms with Crippen LogP contribution in [-0.4, -0.2) is 53.7 Å². The van der Waals surface area contributed by atoms with E-state index in [1.54, 1.807) is 22.8 Å². The second kappa shape index (κ2) is 7.34. The predicted molar refractivity (Wildman–Crippen MR) is 104 cm³/mol. The molecule has 0 aliphatic heterocycles. The molecule has 0 bridgehead atoms. The molecule has 1 aromatic carbocycles. The Morgan fingerprint density at radius 2 is 1.93 bits per heavy atom. The highest BCUT2D eigenvalue weighted by molar-refractivity contribution is 6.35. The lowest BCUT2D eigenvalue weighted by molar-refractivity contribution is -0.00370. The Balaban J connectivity index is 1.74. The number of hydrogen-bond donors (Lipinski definition) is 5. The van der Waals surface area contributed by atoms with Gasteiger partial charge in [-0.15, -0.1) is 0 Å². The molecule has 148 valence electrons. The van der Waals surface area contributed by atoms with E-state index in [9.17, 15) is 20.1 Å². The monoisotopic (exact) mass is 425 g/mol. The van der Waals surface area contributed by atoms with Gasteiger partial charge in [-0.25, -0.2) is 4.98 Å². The summed E-state index contributed by atoms with van der Waals surface area (Å²) in [4.78, 5) is 23.5. The largest absolute Gasteiger partial charge is 0.396 e. The fraction of sp³-hybridized carbons (Fsp3) is 0.353. The van der Waals surface area contributed by atoms with E-state index in [2.05, 4.69) is 20.3 Å². The summed E-state index contributed by atoms with van der Waals surface area (Å²) in [7, 11) is 0. The first-order valence-electron chi connectivity index (χ1n) is 8.54. The molecule has 28 heavy (non-hydrogen) atoms. The third kappa shape index (κ3) is 3.36. The van der Waals surface area contributed by atoms with E-state index in [1.807, 2.05) is 0 Å². The number of benzene rings is 1.